The minimum absolute atomic E-state index is 0. The van der Waals surface area contributed by atoms with Gasteiger partial charge in [-0.25, -0.2) is 0 Å². The van der Waals surface area contributed by atoms with E-state index in [1.807, 2.05) is 30.3 Å². The third kappa shape index (κ3) is 9.75. The van der Waals surface area contributed by atoms with E-state index in [4.69, 9.17) is 28.8 Å². The van der Waals surface area contributed by atoms with Gasteiger partial charge in [0.25, 0.3) is 0 Å². The highest BCUT2D eigenvalue weighted by Gasteiger charge is 2.37. The molecule has 1 saturated heterocycles. The van der Waals surface area contributed by atoms with Crippen molar-refractivity contribution in [2.75, 3.05) is 19.0 Å². The smallest absolute Gasteiger partial charge is 0.243 e. The lowest BCUT2D eigenvalue weighted by molar-refractivity contribution is -0.140. The summed E-state index contributed by atoms with van der Waals surface area (Å²) in [5, 5.41) is 2.75. The second kappa shape index (κ2) is 15.7. The number of nitrogens with zero attached hydrogens (tertiary/aromatic N) is 2. The Hall–Kier alpha value is -2.07. The van der Waals surface area contributed by atoms with Gasteiger partial charge in [0.2, 0.25) is 11.8 Å². The Morgan fingerprint density at radius 3 is 2.45 bits per heavy atom. The summed E-state index contributed by atoms with van der Waals surface area (Å²) in [6, 6.07) is 7.34. The molecule has 7 N–H and O–H groups in total. The van der Waals surface area contributed by atoms with Crippen LogP contribution in [0.2, 0.25) is 0 Å². The quantitative estimate of drug-likeness (QED) is 0.145. The molecule has 0 aliphatic carbocycles. The summed E-state index contributed by atoms with van der Waals surface area (Å²) in [6.07, 6.45) is 2.46. The van der Waals surface area contributed by atoms with E-state index in [0.717, 1.165) is 5.56 Å². The van der Waals surface area contributed by atoms with E-state index in [0.29, 0.717) is 45.2 Å². The topological polar surface area (TPSA) is 157 Å². The number of amides is 2. The fourth-order valence-corrected chi connectivity index (χ4v) is 3.84. The number of Topliss-reactive ketones (excluding diaryl/α,β-unsaturated/α-hetero) is 1. The van der Waals surface area contributed by atoms with Crippen LogP contribution in [0.25, 0.3) is 0 Å². The number of nitrogens with two attached hydrogens (primary N) is 3. The molecule has 9 nitrogen and oxygen atoms in total. The Morgan fingerprint density at radius 1 is 1.18 bits per heavy atom. The number of carbonyl (C=O) groups is 3. The number of hydrogen-bond donors (Lipinski definition) is 4. The van der Waals surface area contributed by atoms with Crippen molar-refractivity contribution in [3.8, 4) is 0 Å². The van der Waals surface area contributed by atoms with Crippen LogP contribution < -0.4 is 22.5 Å². The van der Waals surface area contributed by atoms with Crippen LogP contribution in [0.15, 0.2) is 35.3 Å². The van der Waals surface area contributed by atoms with Gasteiger partial charge >= 0.3 is 0 Å². The molecule has 0 bridgehead atoms. The lowest BCUT2D eigenvalue weighted by atomic mass is 10.0. The average molecular weight is 524 g/mol. The maximum atomic E-state index is 12.9. The molecule has 1 aromatic carbocycles. The number of halogens is 3. The van der Waals surface area contributed by atoms with Crippen molar-refractivity contribution >= 4 is 60.0 Å². The Morgan fingerprint density at radius 2 is 1.85 bits per heavy atom. The van der Waals surface area contributed by atoms with E-state index < -0.39 is 18.1 Å². The highest BCUT2D eigenvalue weighted by molar-refractivity contribution is 6.28. The highest BCUT2D eigenvalue weighted by Crippen LogP contribution is 2.20. The lowest BCUT2D eigenvalue weighted by Gasteiger charge is -2.28. The normalized spacial score (nSPS) is 16.5. The van der Waals surface area contributed by atoms with E-state index in [1.54, 1.807) is 0 Å². The zero-order chi connectivity index (χ0) is 22.8. The molecule has 1 heterocycles. The van der Waals surface area contributed by atoms with E-state index >= 15 is 0 Å². The number of rotatable bonds is 11. The number of benzene rings is 1. The fourth-order valence-electron chi connectivity index (χ4n) is 3.65. The molecule has 0 radical (unpaired) electrons. The van der Waals surface area contributed by atoms with Crippen molar-refractivity contribution in [3.05, 3.63) is 35.9 Å². The monoisotopic (exact) mass is 522 g/mol. The molecular weight excluding hydrogens is 491 g/mol. The molecule has 1 aromatic rings. The van der Waals surface area contributed by atoms with Crippen LogP contribution in [-0.2, 0) is 20.8 Å². The molecular formula is C21H33Cl3N6O3. The fraction of sp³-hybridized carbons (Fsp3) is 0.524. The third-order valence-corrected chi connectivity index (χ3v) is 5.50. The van der Waals surface area contributed by atoms with Crippen molar-refractivity contribution in [1.29, 1.82) is 0 Å². The first-order valence-electron chi connectivity index (χ1n) is 10.4. The zero-order valence-electron chi connectivity index (χ0n) is 18.3. The van der Waals surface area contributed by atoms with Gasteiger partial charge in [0.15, 0.2) is 11.7 Å². The van der Waals surface area contributed by atoms with Crippen LogP contribution in [0.4, 0.5) is 0 Å². The Labute approximate surface area is 211 Å². The molecule has 186 valence electrons. The van der Waals surface area contributed by atoms with Crippen LogP contribution in [0.3, 0.4) is 0 Å². The van der Waals surface area contributed by atoms with Crippen molar-refractivity contribution in [2.24, 2.45) is 22.2 Å². The summed E-state index contributed by atoms with van der Waals surface area (Å²) in [5.41, 5.74) is 17.7. The number of aliphatic imine (C=N–C) groups is 1. The molecule has 1 fully saturated rings. The minimum atomic E-state index is -0.755. The number of likely N-dealkylation sites (tertiary alicyclic amines) is 1. The van der Waals surface area contributed by atoms with E-state index in [-0.39, 0.29) is 54.3 Å². The Balaban J connectivity index is 0.00000512. The molecule has 2 rings (SSSR count). The zero-order valence-corrected chi connectivity index (χ0v) is 20.7. The number of alkyl halides is 1. The highest BCUT2D eigenvalue weighted by atomic mass is 35.5. The average Bonchev–Trinajstić information content (AvgIpc) is 3.25. The second-order valence-electron chi connectivity index (χ2n) is 7.60. The van der Waals surface area contributed by atoms with Crippen molar-refractivity contribution in [1.82, 2.24) is 10.2 Å². The van der Waals surface area contributed by atoms with Gasteiger partial charge in [0, 0.05) is 13.1 Å². The molecule has 3 unspecified atom stereocenters. The van der Waals surface area contributed by atoms with Gasteiger partial charge in [-0.1, -0.05) is 30.3 Å². The molecule has 0 spiro atoms. The minimum Gasteiger partial charge on any atom is -0.370 e. The summed E-state index contributed by atoms with van der Waals surface area (Å²) in [6.45, 7) is 0.796. The van der Waals surface area contributed by atoms with Gasteiger partial charge in [-0.2, -0.15) is 0 Å². The molecule has 3 atom stereocenters. The number of hydrogen-bond acceptors (Lipinski definition) is 5. The van der Waals surface area contributed by atoms with Crippen LogP contribution in [0, 0.1) is 0 Å². The van der Waals surface area contributed by atoms with Gasteiger partial charge < -0.3 is 27.4 Å². The predicted octanol–water partition coefficient (Wildman–Crippen LogP) is 0.737. The molecule has 0 saturated carbocycles. The molecule has 12 heteroatoms. The molecule has 2 amide bonds. The third-order valence-electron chi connectivity index (χ3n) is 5.24. The number of guanidine groups is 1. The lowest BCUT2D eigenvalue weighted by Crippen LogP contribution is -2.54. The van der Waals surface area contributed by atoms with Crippen molar-refractivity contribution in [3.63, 3.8) is 0 Å². The predicted molar refractivity (Wildman–Crippen MR) is 135 cm³/mol. The van der Waals surface area contributed by atoms with Gasteiger partial charge in [0.05, 0.1) is 18.0 Å². The number of nitrogens with one attached hydrogen (secondary N) is 1. The van der Waals surface area contributed by atoms with E-state index in [1.165, 1.54) is 4.90 Å². The second-order valence-corrected chi connectivity index (χ2v) is 7.86. The van der Waals surface area contributed by atoms with Crippen LogP contribution in [-0.4, -0.2) is 65.6 Å². The van der Waals surface area contributed by atoms with Crippen LogP contribution >= 0.6 is 36.4 Å². The van der Waals surface area contributed by atoms with Gasteiger partial charge in [0.1, 0.15) is 6.04 Å². The van der Waals surface area contributed by atoms with E-state index in [2.05, 4.69) is 10.3 Å². The standard InChI is InChI=1S/C21H31ClN6O3.2ClH/c22-13-18(29)16(8-4-10-26-21(24)25)27-19(30)17-9-5-11-28(17)20(31)15(23)12-14-6-2-1-3-7-14;;/h1-3,6-7,15-17H,4-5,8-13,23H2,(H,27,30)(H4,24,25,26);2*1H. The Bertz CT molecular complexity index is 793. The summed E-state index contributed by atoms with van der Waals surface area (Å²) in [4.78, 5) is 43.4. The molecule has 1 aliphatic rings. The number of carbonyl (C=O) groups excluding carboxylic acids is 3. The molecule has 33 heavy (non-hydrogen) atoms. The van der Waals surface area contributed by atoms with Gasteiger partial charge in [-0.15, -0.1) is 36.4 Å². The molecule has 0 aromatic heterocycles. The van der Waals surface area contributed by atoms with Gasteiger partial charge in [-0.05, 0) is 37.7 Å². The van der Waals surface area contributed by atoms with Crippen LogP contribution in [0.5, 0.6) is 0 Å². The summed E-state index contributed by atoms with van der Waals surface area (Å²) in [5.74, 6) is -1.19. The summed E-state index contributed by atoms with van der Waals surface area (Å²) >= 11 is 5.70. The van der Waals surface area contributed by atoms with E-state index in [9.17, 15) is 14.4 Å². The van der Waals surface area contributed by atoms with Crippen molar-refractivity contribution in [2.45, 2.75) is 50.2 Å². The first-order valence-corrected chi connectivity index (χ1v) is 10.9. The Kier molecular flexibility index (Phi) is 14.7. The summed E-state index contributed by atoms with van der Waals surface area (Å²) < 4.78 is 0. The molecule has 1 aliphatic heterocycles. The summed E-state index contributed by atoms with van der Waals surface area (Å²) in [7, 11) is 0. The maximum Gasteiger partial charge on any atom is 0.243 e. The van der Waals surface area contributed by atoms with Gasteiger partial charge in [-0.3, -0.25) is 19.4 Å². The maximum absolute atomic E-state index is 12.9. The number of ketones is 1. The first-order chi connectivity index (χ1) is 14.8. The van der Waals surface area contributed by atoms with Crippen LogP contribution in [0.1, 0.15) is 31.2 Å². The first kappa shape index (κ1) is 30.9. The largest absolute Gasteiger partial charge is 0.370 e. The SMILES string of the molecule is Cl.Cl.NC(N)=NCCCC(NC(=O)C1CCCN1C(=O)C(N)Cc1ccccc1)C(=O)CCl. The van der Waals surface area contributed by atoms with Crippen molar-refractivity contribution < 1.29 is 14.4 Å².